The van der Waals surface area contributed by atoms with E-state index in [-0.39, 0.29) is 12.0 Å². The molecule has 0 aliphatic carbocycles. The molecule has 0 aliphatic heterocycles. The van der Waals surface area contributed by atoms with Crippen molar-refractivity contribution in [2.75, 3.05) is 5.73 Å². The molecule has 108 valence electrons. The Labute approximate surface area is 116 Å². The van der Waals surface area contributed by atoms with Crippen molar-refractivity contribution in [3.8, 4) is 0 Å². The number of rotatable bonds is 5. The highest BCUT2D eigenvalue weighted by atomic mass is 32.2. The largest absolute Gasteiger partial charge is 0.398 e. The Morgan fingerprint density at radius 1 is 1.26 bits per heavy atom. The highest BCUT2D eigenvalue weighted by molar-refractivity contribution is 7.89. The predicted molar refractivity (Wildman–Crippen MR) is 79.6 cm³/mol. The Hall–Kier alpha value is -1.07. The molecule has 0 aromatic heterocycles. The first-order chi connectivity index (χ1) is 8.70. The summed E-state index contributed by atoms with van der Waals surface area (Å²) < 4.78 is 27.9. The molecular weight excluding hydrogens is 260 g/mol. The van der Waals surface area contributed by atoms with Gasteiger partial charge < -0.3 is 5.73 Å². The molecule has 0 fully saturated rings. The lowest BCUT2D eigenvalue weighted by Gasteiger charge is -2.22. The molecule has 0 heterocycles. The van der Waals surface area contributed by atoms with Crippen molar-refractivity contribution in [1.29, 1.82) is 0 Å². The van der Waals surface area contributed by atoms with Gasteiger partial charge in [-0.15, -0.1) is 0 Å². The summed E-state index contributed by atoms with van der Waals surface area (Å²) in [5, 5.41) is 0. The van der Waals surface area contributed by atoms with Gasteiger partial charge in [0, 0.05) is 11.7 Å². The van der Waals surface area contributed by atoms with Crippen LogP contribution in [0.25, 0.3) is 0 Å². The van der Waals surface area contributed by atoms with Crippen molar-refractivity contribution in [1.82, 2.24) is 4.72 Å². The molecule has 0 radical (unpaired) electrons. The first-order valence-corrected chi connectivity index (χ1v) is 8.07. The lowest BCUT2D eigenvalue weighted by atomic mass is 10.0. The number of nitrogens with one attached hydrogen (secondary N) is 1. The van der Waals surface area contributed by atoms with E-state index >= 15 is 0 Å². The zero-order chi connectivity index (χ0) is 14.8. The average molecular weight is 284 g/mol. The molecule has 0 amide bonds. The van der Waals surface area contributed by atoms with E-state index in [2.05, 4.69) is 4.72 Å². The van der Waals surface area contributed by atoms with Crippen LogP contribution >= 0.6 is 0 Å². The first kappa shape index (κ1) is 16.0. The fourth-order valence-electron chi connectivity index (χ4n) is 2.20. The van der Waals surface area contributed by atoms with Gasteiger partial charge in [0.05, 0.1) is 4.90 Å². The highest BCUT2D eigenvalue weighted by Gasteiger charge is 2.25. The molecule has 1 aromatic rings. The summed E-state index contributed by atoms with van der Waals surface area (Å²) >= 11 is 0. The molecule has 19 heavy (non-hydrogen) atoms. The van der Waals surface area contributed by atoms with E-state index in [1.54, 1.807) is 26.0 Å². The van der Waals surface area contributed by atoms with Gasteiger partial charge in [0.2, 0.25) is 10.0 Å². The summed E-state index contributed by atoms with van der Waals surface area (Å²) in [6.45, 7) is 9.53. The summed E-state index contributed by atoms with van der Waals surface area (Å²) in [5.74, 6) is 0.251. The lowest BCUT2D eigenvalue weighted by Crippen LogP contribution is -2.38. The van der Waals surface area contributed by atoms with Gasteiger partial charge in [0.1, 0.15) is 0 Å². The van der Waals surface area contributed by atoms with Gasteiger partial charge in [0.25, 0.3) is 0 Å². The number of hydrogen-bond donors (Lipinski definition) is 2. The molecule has 1 rings (SSSR count). The molecule has 1 atom stereocenters. The van der Waals surface area contributed by atoms with Crippen LogP contribution in [0, 0.1) is 19.8 Å². The van der Waals surface area contributed by atoms with Gasteiger partial charge in [-0.1, -0.05) is 26.8 Å². The second-order valence-corrected chi connectivity index (χ2v) is 6.96. The topological polar surface area (TPSA) is 72.2 Å². The third kappa shape index (κ3) is 3.48. The van der Waals surface area contributed by atoms with E-state index in [1.807, 2.05) is 20.8 Å². The zero-order valence-corrected chi connectivity index (χ0v) is 13.1. The van der Waals surface area contributed by atoms with Gasteiger partial charge in [0.15, 0.2) is 0 Å². The van der Waals surface area contributed by atoms with Crippen molar-refractivity contribution in [2.24, 2.45) is 5.92 Å². The summed E-state index contributed by atoms with van der Waals surface area (Å²) in [5.41, 5.74) is 7.66. The normalized spacial score (nSPS) is 13.8. The maximum atomic E-state index is 12.5. The summed E-state index contributed by atoms with van der Waals surface area (Å²) in [6.07, 6.45) is 0.761. The molecule has 0 aliphatic rings. The minimum absolute atomic E-state index is 0.0646. The number of anilines is 1. The molecule has 5 heteroatoms. The molecule has 0 saturated heterocycles. The second-order valence-electron chi connectivity index (χ2n) is 5.31. The average Bonchev–Trinajstić information content (AvgIpc) is 2.30. The van der Waals surface area contributed by atoms with Gasteiger partial charge in [-0.05, 0) is 43.4 Å². The van der Waals surface area contributed by atoms with Crippen molar-refractivity contribution < 1.29 is 8.42 Å². The van der Waals surface area contributed by atoms with Crippen LogP contribution in [0.4, 0.5) is 5.69 Å². The fraction of sp³-hybridized carbons (Fsp3) is 0.571. The van der Waals surface area contributed by atoms with Crippen molar-refractivity contribution in [3.63, 3.8) is 0 Å². The SMILES string of the molecule is CCC(NS(=O)(=O)c1c(C)ccc(N)c1C)C(C)C. The van der Waals surface area contributed by atoms with Crippen LogP contribution in [-0.2, 0) is 10.0 Å². The number of hydrogen-bond acceptors (Lipinski definition) is 3. The number of nitrogens with two attached hydrogens (primary N) is 1. The second kappa shape index (κ2) is 5.92. The molecule has 1 aromatic carbocycles. The Kier molecular flexibility index (Phi) is 4.98. The monoisotopic (exact) mass is 284 g/mol. The van der Waals surface area contributed by atoms with Crippen molar-refractivity contribution in [2.45, 2.75) is 52.0 Å². The number of benzene rings is 1. The molecule has 1 unspecified atom stereocenters. The van der Waals surface area contributed by atoms with Crippen molar-refractivity contribution >= 4 is 15.7 Å². The van der Waals surface area contributed by atoms with Gasteiger partial charge >= 0.3 is 0 Å². The van der Waals surface area contributed by atoms with Crippen LogP contribution in [0.5, 0.6) is 0 Å². The Morgan fingerprint density at radius 3 is 2.32 bits per heavy atom. The summed E-state index contributed by atoms with van der Waals surface area (Å²) in [6, 6.07) is 3.42. The quantitative estimate of drug-likeness (QED) is 0.816. The summed E-state index contributed by atoms with van der Waals surface area (Å²) in [7, 11) is -3.53. The number of sulfonamides is 1. The van der Waals surface area contributed by atoms with E-state index in [1.165, 1.54) is 0 Å². The van der Waals surface area contributed by atoms with Crippen LogP contribution in [-0.4, -0.2) is 14.5 Å². The number of nitrogen functional groups attached to an aromatic ring is 1. The van der Waals surface area contributed by atoms with Gasteiger partial charge in [-0.3, -0.25) is 0 Å². The maximum absolute atomic E-state index is 12.5. The Morgan fingerprint density at radius 2 is 1.84 bits per heavy atom. The van der Waals surface area contributed by atoms with Crippen molar-refractivity contribution in [3.05, 3.63) is 23.3 Å². The maximum Gasteiger partial charge on any atom is 0.241 e. The van der Waals surface area contributed by atoms with E-state index in [9.17, 15) is 8.42 Å². The Balaban J connectivity index is 3.25. The molecule has 0 spiro atoms. The Bertz CT molecular complexity index is 551. The first-order valence-electron chi connectivity index (χ1n) is 6.58. The third-order valence-corrected chi connectivity index (χ3v) is 5.24. The highest BCUT2D eigenvalue weighted by Crippen LogP contribution is 2.25. The lowest BCUT2D eigenvalue weighted by molar-refractivity contribution is 0.437. The molecule has 0 bridgehead atoms. The van der Waals surface area contributed by atoms with E-state index in [4.69, 9.17) is 5.73 Å². The third-order valence-electron chi connectivity index (χ3n) is 3.46. The van der Waals surface area contributed by atoms with E-state index < -0.39 is 10.0 Å². The van der Waals surface area contributed by atoms with Crippen LogP contribution < -0.4 is 10.5 Å². The molecule has 3 N–H and O–H groups in total. The molecular formula is C14H24N2O2S. The molecule has 0 saturated carbocycles. The van der Waals surface area contributed by atoms with Crippen LogP contribution in [0.3, 0.4) is 0 Å². The summed E-state index contributed by atoms with van der Waals surface area (Å²) in [4.78, 5) is 0.312. The minimum atomic E-state index is -3.53. The smallest absolute Gasteiger partial charge is 0.241 e. The standard InChI is InChI=1S/C14H24N2O2S/c1-6-13(9(2)3)16-19(17,18)14-10(4)7-8-12(15)11(14)5/h7-9,13,16H,6,15H2,1-5H3. The van der Waals surface area contributed by atoms with E-state index in [0.29, 0.717) is 16.1 Å². The van der Waals surface area contributed by atoms with Gasteiger partial charge in [-0.25, -0.2) is 13.1 Å². The predicted octanol–water partition coefficient (Wildman–Crippen LogP) is 2.60. The van der Waals surface area contributed by atoms with Gasteiger partial charge in [-0.2, -0.15) is 0 Å². The zero-order valence-electron chi connectivity index (χ0n) is 12.3. The van der Waals surface area contributed by atoms with Crippen LogP contribution in [0.2, 0.25) is 0 Å². The number of aryl methyl sites for hydroxylation is 1. The minimum Gasteiger partial charge on any atom is -0.398 e. The van der Waals surface area contributed by atoms with Crippen LogP contribution in [0.1, 0.15) is 38.3 Å². The molecule has 4 nitrogen and oxygen atoms in total. The van der Waals surface area contributed by atoms with Crippen LogP contribution in [0.15, 0.2) is 17.0 Å². The fourth-order valence-corrected chi connectivity index (χ4v) is 4.17. The van der Waals surface area contributed by atoms with E-state index in [0.717, 1.165) is 12.0 Å².